The summed E-state index contributed by atoms with van der Waals surface area (Å²) < 4.78 is 10.5. The molecule has 0 radical (unpaired) electrons. The minimum Gasteiger partial charge on any atom is -0.444 e. The van der Waals surface area contributed by atoms with Gasteiger partial charge in [-0.2, -0.15) is 0 Å². The molecule has 0 aromatic heterocycles. The van der Waals surface area contributed by atoms with E-state index in [0.29, 0.717) is 0 Å². The molecule has 1 heterocycles. The number of carbonyl (C=O) groups is 1. The first-order valence-electron chi connectivity index (χ1n) is 6.00. The first-order valence-corrected chi connectivity index (χ1v) is 6.00. The molecule has 3 unspecified atom stereocenters. The fourth-order valence-corrected chi connectivity index (χ4v) is 1.69. The molecule has 3 atom stereocenters. The van der Waals surface area contributed by atoms with E-state index in [1.165, 1.54) is 0 Å². The molecule has 0 aromatic rings. The van der Waals surface area contributed by atoms with Crippen LogP contribution in [0.5, 0.6) is 0 Å². The molecule has 5 nitrogen and oxygen atoms in total. The van der Waals surface area contributed by atoms with Gasteiger partial charge in [-0.05, 0) is 26.7 Å². The van der Waals surface area contributed by atoms with Gasteiger partial charge in [0.1, 0.15) is 17.8 Å². The number of alkyl carbamates (subject to hydrolysis) is 1. The minimum atomic E-state index is -0.508. The van der Waals surface area contributed by atoms with Gasteiger partial charge < -0.3 is 19.9 Å². The Morgan fingerprint density at radius 2 is 2.06 bits per heavy atom. The second kappa shape index (κ2) is 5.23. The van der Waals surface area contributed by atoms with Crippen LogP contribution >= 0.6 is 0 Å². The molecule has 1 amide bonds. The Kier molecular flexibility index (Phi) is 4.38. The average Bonchev–Trinajstić information content (AvgIpc) is 2.89. The van der Waals surface area contributed by atoms with Gasteiger partial charge in [0.2, 0.25) is 0 Å². The van der Waals surface area contributed by atoms with Crippen molar-refractivity contribution in [1.29, 1.82) is 0 Å². The summed E-state index contributed by atoms with van der Waals surface area (Å²) in [5, 5.41) is 11.8. The van der Waals surface area contributed by atoms with E-state index in [1.54, 1.807) is 0 Å². The lowest BCUT2D eigenvalue weighted by Crippen LogP contribution is -2.45. The molecule has 0 spiro atoms. The lowest BCUT2D eigenvalue weighted by atomic mass is 9.99. The van der Waals surface area contributed by atoms with E-state index in [1.807, 2.05) is 34.6 Å². The van der Waals surface area contributed by atoms with E-state index in [0.717, 1.165) is 0 Å². The molecule has 17 heavy (non-hydrogen) atoms. The molecule has 1 rings (SSSR count). The van der Waals surface area contributed by atoms with Gasteiger partial charge in [0.25, 0.3) is 0 Å². The maximum Gasteiger partial charge on any atom is 0.407 e. The maximum atomic E-state index is 11.6. The van der Waals surface area contributed by atoms with Crippen molar-refractivity contribution in [3.63, 3.8) is 0 Å². The average molecular weight is 245 g/mol. The summed E-state index contributed by atoms with van der Waals surface area (Å²) in [7, 11) is 0. The van der Waals surface area contributed by atoms with Crippen LogP contribution in [0.3, 0.4) is 0 Å². The Bertz CT molecular complexity index is 272. The molecular weight excluding hydrogens is 222 g/mol. The topological polar surface area (TPSA) is 71.1 Å². The van der Waals surface area contributed by atoms with Crippen LogP contribution in [0.15, 0.2) is 0 Å². The number of hydrogen-bond acceptors (Lipinski definition) is 4. The van der Waals surface area contributed by atoms with Crippen LogP contribution in [0.25, 0.3) is 0 Å². The van der Waals surface area contributed by atoms with Crippen molar-refractivity contribution in [3.05, 3.63) is 0 Å². The van der Waals surface area contributed by atoms with Crippen molar-refractivity contribution in [2.75, 3.05) is 6.61 Å². The van der Waals surface area contributed by atoms with Crippen LogP contribution in [0.1, 0.15) is 34.6 Å². The summed E-state index contributed by atoms with van der Waals surface area (Å²) >= 11 is 0. The summed E-state index contributed by atoms with van der Waals surface area (Å²) in [6, 6.07) is -0.123. The van der Waals surface area contributed by atoms with Crippen LogP contribution in [0.2, 0.25) is 0 Å². The molecule has 0 saturated carbocycles. The van der Waals surface area contributed by atoms with Gasteiger partial charge in [0.05, 0.1) is 12.6 Å². The predicted octanol–water partition coefficient (Wildman–Crippen LogP) is 1.30. The van der Waals surface area contributed by atoms with Crippen LogP contribution in [-0.2, 0) is 9.47 Å². The van der Waals surface area contributed by atoms with E-state index in [4.69, 9.17) is 14.6 Å². The highest BCUT2D eigenvalue weighted by atomic mass is 16.6. The number of rotatable bonds is 4. The zero-order chi connectivity index (χ0) is 13.2. The molecule has 2 N–H and O–H groups in total. The smallest absolute Gasteiger partial charge is 0.407 e. The molecule has 1 aliphatic rings. The van der Waals surface area contributed by atoms with E-state index < -0.39 is 11.7 Å². The van der Waals surface area contributed by atoms with Gasteiger partial charge >= 0.3 is 6.09 Å². The fourth-order valence-electron chi connectivity index (χ4n) is 1.69. The third kappa shape index (κ3) is 4.52. The molecular formula is C12H23NO4. The van der Waals surface area contributed by atoms with Crippen LogP contribution in [0.4, 0.5) is 4.79 Å². The van der Waals surface area contributed by atoms with E-state index in [9.17, 15) is 4.79 Å². The largest absolute Gasteiger partial charge is 0.444 e. The fraction of sp³-hybridized carbons (Fsp3) is 0.917. The normalized spacial score (nSPS) is 25.6. The minimum absolute atomic E-state index is 0.0100. The monoisotopic (exact) mass is 245 g/mol. The standard InChI is InChI=1S/C12H23NO4/c1-7(2)9(10-8(6-14)16-10)13-11(15)17-12(3,4)5/h7-10,14H,6H2,1-5H3,(H,13,15). The third-order valence-electron chi connectivity index (χ3n) is 2.56. The zero-order valence-electron chi connectivity index (χ0n) is 11.2. The first-order chi connectivity index (χ1) is 7.74. The summed E-state index contributed by atoms with van der Waals surface area (Å²) in [6.07, 6.45) is -0.701. The Labute approximate surface area is 102 Å². The molecule has 100 valence electrons. The molecule has 0 aromatic carbocycles. The van der Waals surface area contributed by atoms with E-state index in [-0.39, 0.29) is 30.8 Å². The van der Waals surface area contributed by atoms with Crippen molar-refractivity contribution in [3.8, 4) is 0 Å². The van der Waals surface area contributed by atoms with Gasteiger partial charge in [-0.3, -0.25) is 0 Å². The molecule has 5 heteroatoms. The van der Waals surface area contributed by atoms with E-state index >= 15 is 0 Å². The quantitative estimate of drug-likeness (QED) is 0.732. The lowest BCUT2D eigenvalue weighted by molar-refractivity contribution is 0.0478. The van der Waals surface area contributed by atoms with Crippen LogP contribution < -0.4 is 5.32 Å². The number of epoxide rings is 1. The Balaban J connectivity index is 2.48. The number of aliphatic hydroxyl groups excluding tert-OH is 1. The molecule has 1 aliphatic heterocycles. The van der Waals surface area contributed by atoms with Crippen LogP contribution in [0, 0.1) is 5.92 Å². The van der Waals surface area contributed by atoms with Crippen molar-refractivity contribution in [1.82, 2.24) is 5.32 Å². The molecule has 0 bridgehead atoms. The van der Waals surface area contributed by atoms with Crippen molar-refractivity contribution in [2.45, 2.75) is 58.5 Å². The Morgan fingerprint density at radius 3 is 2.41 bits per heavy atom. The summed E-state index contributed by atoms with van der Waals surface area (Å²) in [4.78, 5) is 11.6. The number of amides is 1. The van der Waals surface area contributed by atoms with E-state index in [2.05, 4.69) is 5.32 Å². The van der Waals surface area contributed by atoms with Crippen molar-refractivity contribution in [2.24, 2.45) is 5.92 Å². The highest BCUT2D eigenvalue weighted by molar-refractivity contribution is 5.68. The number of aliphatic hydroxyl groups is 1. The van der Waals surface area contributed by atoms with Gasteiger partial charge in [-0.1, -0.05) is 13.8 Å². The predicted molar refractivity (Wildman–Crippen MR) is 63.7 cm³/mol. The van der Waals surface area contributed by atoms with Gasteiger partial charge in [0, 0.05) is 0 Å². The number of carbonyl (C=O) groups excluding carboxylic acids is 1. The van der Waals surface area contributed by atoms with Crippen molar-refractivity contribution >= 4 is 6.09 Å². The Morgan fingerprint density at radius 1 is 1.47 bits per heavy atom. The Hall–Kier alpha value is -0.810. The second-order valence-corrected chi connectivity index (χ2v) is 5.74. The first kappa shape index (κ1) is 14.3. The zero-order valence-corrected chi connectivity index (χ0v) is 11.2. The highest BCUT2D eigenvalue weighted by Gasteiger charge is 2.46. The van der Waals surface area contributed by atoms with Crippen molar-refractivity contribution < 1.29 is 19.4 Å². The van der Waals surface area contributed by atoms with Gasteiger partial charge in [0.15, 0.2) is 0 Å². The number of nitrogens with one attached hydrogen (secondary N) is 1. The molecule has 1 fully saturated rings. The summed E-state index contributed by atoms with van der Waals surface area (Å²) in [6.45, 7) is 9.45. The lowest BCUT2D eigenvalue weighted by Gasteiger charge is -2.24. The SMILES string of the molecule is CC(C)C(NC(=O)OC(C)(C)C)C1OC1CO. The second-order valence-electron chi connectivity index (χ2n) is 5.74. The van der Waals surface area contributed by atoms with Gasteiger partial charge in [-0.25, -0.2) is 4.79 Å². The van der Waals surface area contributed by atoms with Crippen LogP contribution in [-0.4, -0.2) is 41.7 Å². The number of ether oxygens (including phenoxy) is 2. The number of hydrogen-bond donors (Lipinski definition) is 2. The summed E-state index contributed by atoms with van der Waals surface area (Å²) in [5.74, 6) is 0.226. The third-order valence-corrected chi connectivity index (χ3v) is 2.56. The highest BCUT2D eigenvalue weighted by Crippen LogP contribution is 2.28. The molecule has 0 aliphatic carbocycles. The summed E-state index contributed by atoms with van der Waals surface area (Å²) in [5.41, 5.74) is -0.508. The molecule has 1 saturated heterocycles. The maximum absolute atomic E-state index is 11.6. The van der Waals surface area contributed by atoms with Gasteiger partial charge in [-0.15, -0.1) is 0 Å².